The lowest BCUT2D eigenvalue weighted by Crippen LogP contribution is -2.46. The van der Waals surface area contributed by atoms with Gasteiger partial charge in [0.1, 0.15) is 5.76 Å². The summed E-state index contributed by atoms with van der Waals surface area (Å²) in [5, 5.41) is 7.67. The van der Waals surface area contributed by atoms with Crippen LogP contribution in [0.25, 0.3) is 0 Å². The molecule has 1 fully saturated rings. The van der Waals surface area contributed by atoms with Gasteiger partial charge < -0.3 is 18.7 Å². The van der Waals surface area contributed by atoms with E-state index in [0.29, 0.717) is 30.6 Å². The molecule has 3 heterocycles. The Morgan fingerprint density at radius 1 is 1.22 bits per heavy atom. The molecule has 0 bridgehead atoms. The molecule has 124 valence electrons. The van der Waals surface area contributed by atoms with Crippen LogP contribution in [0.2, 0.25) is 0 Å². The molecule has 23 heavy (non-hydrogen) atoms. The summed E-state index contributed by atoms with van der Waals surface area (Å²) in [6, 6.07) is 0. The minimum atomic E-state index is -0.395. The Kier molecular flexibility index (Phi) is 4.16. The summed E-state index contributed by atoms with van der Waals surface area (Å²) in [6.45, 7) is 8.25. The van der Waals surface area contributed by atoms with Crippen LogP contribution in [-0.4, -0.2) is 45.3 Å². The van der Waals surface area contributed by atoms with Crippen LogP contribution in [0, 0.1) is 20.8 Å². The zero-order valence-corrected chi connectivity index (χ0v) is 13.7. The number of carbonyl (C=O) groups is 1. The Labute approximate surface area is 133 Å². The summed E-state index contributed by atoms with van der Waals surface area (Å²) in [4.78, 5) is 18.6. The van der Waals surface area contributed by atoms with Gasteiger partial charge in [-0.05, 0) is 27.7 Å². The van der Waals surface area contributed by atoms with Crippen molar-refractivity contribution in [3.05, 3.63) is 28.7 Å². The van der Waals surface area contributed by atoms with E-state index in [1.807, 2.05) is 20.8 Å². The quantitative estimate of drug-likeness (QED) is 0.846. The molecule has 0 radical (unpaired) electrons. The van der Waals surface area contributed by atoms with Crippen molar-refractivity contribution >= 4 is 5.91 Å². The second-order valence-corrected chi connectivity index (χ2v) is 5.89. The van der Waals surface area contributed by atoms with E-state index in [9.17, 15) is 4.79 Å². The van der Waals surface area contributed by atoms with Crippen LogP contribution in [0.4, 0.5) is 0 Å². The first-order chi connectivity index (χ1) is 10.9. The molecule has 8 nitrogen and oxygen atoms in total. The number of nitrogens with zero attached hydrogens (tertiary/aromatic N) is 4. The minimum Gasteiger partial charge on any atom is -0.362 e. The standard InChI is InChI=1S/C15H20N4O4/c1-8-6-19(7-13(21-8)15-16-11(4)18-23-15)14(20)5-12-9(2)17-22-10(12)3/h8,13H,5-7H2,1-4H3/t8-,13-/m1/s1. The number of carbonyl (C=O) groups excluding carboxylic acids is 1. The maximum Gasteiger partial charge on any atom is 0.257 e. The number of hydrogen-bond donors (Lipinski definition) is 0. The summed E-state index contributed by atoms with van der Waals surface area (Å²) in [7, 11) is 0. The van der Waals surface area contributed by atoms with Crippen molar-refractivity contribution in [3.8, 4) is 0 Å². The topological polar surface area (TPSA) is 94.5 Å². The number of aryl methyl sites for hydroxylation is 3. The lowest BCUT2D eigenvalue weighted by molar-refractivity contribution is -0.146. The second kappa shape index (κ2) is 6.11. The van der Waals surface area contributed by atoms with Crippen molar-refractivity contribution in [2.24, 2.45) is 0 Å². The molecule has 2 aromatic heterocycles. The number of aromatic nitrogens is 3. The van der Waals surface area contributed by atoms with Gasteiger partial charge in [0.15, 0.2) is 11.9 Å². The Morgan fingerprint density at radius 3 is 2.61 bits per heavy atom. The number of morpholine rings is 1. The maximum atomic E-state index is 12.6. The van der Waals surface area contributed by atoms with Crippen molar-refractivity contribution in [1.29, 1.82) is 0 Å². The third-order valence-electron chi connectivity index (χ3n) is 3.94. The van der Waals surface area contributed by atoms with Gasteiger partial charge >= 0.3 is 0 Å². The van der Waals surface area contributed by atoms with E-state index in [0.717, 1.165) is 11.3 Å². The molecule has 1 amide bonds. The van der Waals surface area contributed by atoms with Gasteiger partial charge in [-0.1, -0.05) is 10.3 Å². The average Bonchev–Trinajstić information content (AvgIpc) is 3.07. The third kappa shape index (κ3) is 3.26. The Balaban J connectivity index is 1.72. The first kappa shape index (κ1) is 15.7. The number of amides is 1. The van der Waals surface area contributed by atoms with E-state index in [-0.39, 0.29) is 18.4 Å². The third-order valence-corrected chi connectivity index (χ3v) is 3.94. The lowest BCUT2D eigenvalue weighted by Gasteiger charge is -2.35. The first-order valence-electron chi connectivity index (χ1n) is 7.59. The molecule has 8 heteroatoms. The monoisotopic (exact) mass is 320 g/mol. The van der Waals surface area contributed by atoms with Gasteiger partial charge in [-0.25, -0.2) is 0 Å². The van der Waals surface area contributed by atoms with Gasteiger partial charge in [-0.3, -0.25) is 4.79 Å². The van der Waals surface area contributed by atoms with Gasteiger partial charge in [-0.15, -0.1) is 0 Å². The van der Waals surface area contributed by atoms with Gasteiger partial charge in [-0.2, -0.15) is 4.98 Å². The molecule has 2 aromatic rings. The number of ether oxygens (including phenoxy) is 1. The Bertz CT molecular complexity index is 689. The van der Waals surface area contributed by atoms with Gasteiger partial charge in [0.05, 0.1) is 24.8 Å². The zero-order chi connectivity index (χ0) is 16.6. The van der Waals surface area contributed by atoms with Crippen LogP contribution >= 0.6 is 0 Å². The van der Waals surface area contributed by atoms with Gasteiger partial charge in [0.25, 0.3) is 5.89 Å². The predicted molar refractivity (Wildman–Crippen MR) is 78.6 cm³/mol. The number of rotatable bonds is 3. The number of hydrogen-bond acceptors (Lipinski definition) is 7. The SMILES string of the molecule is Cc1noc([C@H]2CN(C(=O)Cc3c(C)noc3C)C[C@@H](C)O2)n1. The van der Waals surface area contributed by atoms with Crippen LogP contribution < -0.4 is 0 Å². The largest absolute Gasteiger partial charge is 0.362 e. The molecule has 1 aliphatic heterocycles. The molecule has 2 atom stereocenters. The normalized spacial score (nSPS) is 21.7. The zero-order valence-electron chi connectivity index (χ0n) is 13.7. The summed E-state index contributed by atoms with van der Waals surface area (Å²) >= 11 is 0. The average molecular weight is 320 g/mol. The van der Waals surface area contributed by atoms with Crippen LogP contribution in [-0.2, 0) is 16.0 Å². The molecule has 0 spiro atoms. The molecule has 0 N–H and O–H groups in total. The van der Waals surface area contributed by atoms with E-state index >= 15 is 0 Å². The highest BCUT2D eigenvalue weighted by Crippen LogP contribution is 2.25. The molecule has 0 aliphatic carbocycles. The van der Waals surface area contributed by atoms with Crippen LogP contribution in [0.15, 0.2) is 9.05 Å². The molecule has 1 saturated heterocycles. The van der Waals surface area contributed by atoms with Crippen molar-refractivity contribution in [3.63, 3.8) is 0 Å². The molecular weight excluding hydrogens is 300 g/mol. The van der Waals surface area contributed by atoms with E-state index in [1.165, 1.54) is 0 Å². The van der Waals surface area contributed by atoms with E-state index < -0.39 is 6.10 Å². The van der Waals surface area contributed by atoms with Gasteiger partial charge in [0, 0.05) is 12.1 Å². The fourth-order valence-electron chi connectivity index (χ4n) is 2.75. The highest BCUT2D eigenvalue weighted by atomic mass is 16.5. The summed E-state index contributed by atoms with van der Waals surface area (Å²) in [5.74, 6) is 1.65. The van der Waals surface area contributed by atoms with Crippen molar-refractivity contribution in [1.82, 2.24) is 20.2 Å². The molecule has 0 saturated carbocycles. The predicted octanol–water partition coefficient (Wildman–Crippen LogP) is 1.51. The molecular formula is C15H20N4O4. The fraction of sp³-hybridized carbons (Fsp3) is 0.600. The second-order valence-electron chi connectivity index (χ2n) is 5.89. The molecule has 3 rings (SSSR count). The maximum absolute atomic E-state index is 12.6. The molecule has 0 unspecified atom stereocenters. The van der Waals surface area contributed by atoms with Crippen LogP contribution in [0.3, 0.4) is 0 Å². The Hall–Kier alpha value is -2.22. The lowest BCUT2D eigenvalue weighted by atomic mass is 10.1. The Morgan fingerprint density at radius 2 is 2.00 bits per heavy atom. The molecule has 0 aromatic carbocycles. The highest BCUT2D eigenvalue weighted by Gasteiger charge is 2.33. The van der Waals surface area contributed by atoms with Crippen LogP contribution in [0.1, 0.15) is 41.8 Å². The fourth-order valence-corrected chi connectivity index (χ4v) is 2.75. The summed E-state index contributed by atoms with van der Waals surface area (Å²) in [5.41, 5.74) is 1.60. The van der Waals surface area contributed by atoms with Crippen molar-refractivity contribution in [2.45, 2.75) is 46.3 Å². The smallest absolute Gasteiger partial charge is 0.257 e. The summed E-state index contributed by atoms with van der Waals surface area (Å²) < 4.78 is 16.1. The summed E-state index contributed by atoms with van der Waals surface area (Å²) in [6.07, 6.45) is -0.230. The van der Waals surface area contributed by atoms with Crippen LogP contribution in [0.5, 0.6) is 0 Å². The van der Waals surface area contributed by atoms with E-state index in [4.69, 9.17) is 13.8 Å². The highest BCUT2D eigenvalue weighted by molar-refractivity contribution is 5.79. The first-order valence-corrected chi connectivity index (χ1v) is 7.59. The van der Waals surface area contributed by atoms with E-state index in [1.54, 1.807) is 11.8 Å². The molecule has 1 aliphatic rings. The van der Waals surface area contributed by atoms with E-state index in [2.05, 4.69) is 15.3 Å². The van der Waals surface area contributed by atoms with Crippen molar-refractivity contribution < 1.29 is 18.6 Å². The van der Waals surface area contributed by atoms with Crippen molar-refractivity contribution in [2.75, 3.05) is 13.1 Å². The minimum absolute atomic E-state index is 0.00999. The van der Waals surface area contributed by atoms with Gasteiger partial charge in [0.2, 0.25) is 5.91 Å².